The molecule has 0 atom stereocenters. The van der Waals surface area contributed by atoms with Gasteiger partial charge >= 0.3 is 5.97 Å². The van der Waals surface area contributed by atoms with E-state index in [1.54, 1.807) is 0 Å². The van der Waals surface area contributed by atoms with Crippen LogP contribution in [0.3, 0.4) is 0 Å². The number of carbonyl (C=O) groups is 3. The molecule has 0 spiro atoms. The van der Waals surface area contributed by atoms with E-state index in [1.165, 1.54) is 0 Å². The van der Waals surface area contributed by atoms with Crippen molar-refractivity contribution >= 4 is 23.6 Å². The highest BCUT2D eigenvalue weighted by Gasteiger charge is 2.31. The van der Waals surface area contributed by atoms with E-state index in [-0.39, 0.29) is 42.8 Å². The standard InChI is InChI=1S/C8H8N4O4/c13-4-1-6(14)12(3-4)8-9-5(10-11-8)2-7(15)16/h1-3H2,(H,15,16)(H,9,10,11). The first-order valence-corrected chi connectivity index (χ1v) is 4.51. The van der Waals surface area contributed by atoms with E-state index >= 15 is 0 Å². The first-order chi connectivity index (χ1) is 7.56. The first-order valence-electron chi connectivity index (χ1n) is 4.51. The van der Waals surface area contributed by atoms with Gasteiger partial charge in [-0.05, 0) is 0 Å². The fourth-order valence-corrected chi connectivity index (χ4v) is 1.40. The second-order valence-electron chi connectivity index (χ2n) is 3.35. The minimum Gasteiger partial charge on any atom is -0.481 e. The minimum absolute atomic E-state index is 0.0482. The highest BCUT2D eigenvalue weighted by molar-refractivity contribution is 6.14. The summed E-state index contributed by atoms with van der Waals surface area (Å²) in [5.74, 6) is -1.42. The molecule has 1 aliphatic rings. The van der Waals surface area contributed by atoms with Crippen LogP contribution in [-0.4, -0.2) is 44.5 Å². The zero-order valence-corrected chi connectivity index (χ0v) is 8.13. The Morgan fingerprint density at radius 3 is 2.81 bits per heavy atom. The third kappa shape index (κ3) is 1.90. The molecule has 0 aromatic carbocycles. The molecule has 1 amide bonds. The topological polar surface area (TPSA) is 116 Å². The van der Waals surface area contributed by atoms with Crippen LogP contribution in [0.25, 0.3) is 0 Å². The Labute approximate surface area is 89.3 Å². The molecule has 0 aliphatic carbocycles. The SMILES string of the molecule is O=C(O)Cc1nc(N2CC(=O)CC2=O)n[nH]1. The molecule has 1 aromatic rings. The number of aromatic amines is 1. The Morgan fingerprint density at radius 2 is 2.25 bits per heavy atom. The van der Waals surface area contributed by atoms with Crippen LogP contribution >= 0.6 is 0 Å². The number of nitrogens with zero attached hydrogens (tertiary/aromatic N) is 3. The van der Waals surface area contributed by atoms with E-state index < -0.39 is 5.97 Å². The van der Waals surface area contributed by atoms with Gasteiger partial charge in [0.05, 0.1) is 13.0 Å². The summed E-state index contributed by atoms with van der Waals surface area (Å²) < 4.78 is 0. The highest BCUT2D eigenvalue weighted by atomic mass is 16.4. The number of H-pyrrole nitrogens is 1. The van der Waals surface area contributed by atoms with Crippen LogP contribution < -0.4 is 4.90 Å². The molecule has 16 heavy (non-hydrogen) atoms. The molecule has 0 saturated carbocycles. The zero-order chi connectivity index (χ0) is 11.7. The van der Waals surface area contributed by atoms with E-state index in [2.05, 4.69) is 15.2 Å². The van der Waals surface area contributed by atoms with E-state index in [9.17, 15) is 14.4 Å². The van der Waals surface area contributed by atoms with E-state index in [0.29, 0.717) is 0 Å². The van der Waals surface area contributed by atoms with Gasteiger partial charge in [-0.1, -0.05) is 0 Å². The molecule has 84 valence electrons. The predicted molar refractivity (Wildman–Crippen MR) is 49.7 cm³/mol. The average molecular weight is 224 g/mol. The lowest BCUT2D eigenvalue weighted by atomic mass is 10.3. The van der Waals surface area contributed by atoms with Crippen LogP contribution in [0.15, 0.2) is 0 Å². The molecule has 1 fully saturated rings. The number of nitrogens with one attached hydrogen (secondary N) is 1. The van der Waals surface area contributed by atoms with Crippen LogP contribution in [-0.2, 0) is 20.8 Å². The zero-order valence-electron chi connectivity index (χ0n) is 8.13. The summed E-state index contributed by atoms with van der Waals surface area (Å²) in [7, 11) is 0. The first kappa shape index (κ1) is 10.3. The molecule has 0 unspecified atom stereocenters. The van der Waals surface area contributed by atoms with Crippen molar-refractivity contribution in [1.29, 1.82) is 0 Å². The fraction of sp³-hybridized carbons (Fsp3) is 0.375. The van der Waals surface area contributed by atoms with Crippen molar-refractivity contribution in [2.24, 2.45) is 0 Å². The summed E-state index contributed by atoms with van der Waals surface area (Å²) in [6.45, 7) is -0.0524. The molecule has 8 nitrogen and oxygen atoms in total. The molecular formula is C8H8N4O4. The largest absolute Gasteiger partial charge is 0.481 e. The van der Waals surface area contributed by atoms with E-state index in [4.69, 9.17) is 5.11 Å². The van der Waals surface area contributed by atoms with Crippen LogP contribution in [0, 0.1) is 0 Å². The smallest absolute Gasteiger partial charge is 0.311 e. The maximum atomic E-state index is 11.3. The van der Waals surface area contributed by atoms with Crippen molar-refractivity contribution in [3.8, 4) is 0 Å². The van der Waals surface area contributed by atoms with Crippen molar-refractivity contribution in [2.75, 3.05) is 11.4 Å². The molecule has 8 heteroatoms. The highest BCUT2D eigenvalue weighted by Crippen LogP contribution is 2.14. The minimum atomic E-state index is -1.05. The molecule has 0 bridgehead atoms. The van der Waals surface area contributed by atoms with Gasteiger partial charge in [0.1, 0.15) is 12.2 Å². The molecule has 2 N–H and O–H groups in total. The lowest BCUT2D eigenvalue weighted by molar-refractivity contribution is -0.136. The van der Waals surface area contributed by atoms with Crippen molar-refractivity contribution in [3.63, 3.8) is 0 Å². The predicted octanol–water partition coefficient (Wildman–Crippen LogP) is -1.26. The van der Waals surface area contributed by atoms with Gasteiger partial charge in [0.25, 0.3) is 5.95 Å². The Kier molecular flexibility index (Phi) is 2.39. The second kappa shape index (κ2) is 3.72. The van der Waals surface area contributed by atoms with Crippen molar-refractivity contribution in [3.05, 3.63) is 5.82 Å². The summed E-state index contributed by atoms with van der Waals surface area (Å²) >= 11 is 0. The number of ketones is 1. The quantitative estimate of drug-likeness (QED) is 0.619. The Balaban J connectivity index is 2.15. The van der Waals surface area contributed by atoms with Crippen LogP contribution in [0.4, 0.5) is 5.95 Å². The summed E-state index contributed by atoms with van der Waals surface area (Å²) in [6.07, 6.45) is -0.453. The Morgan fingerprint density at radius 1 is 1.50 bits per heavy atom. The normalized spacial score (nSPS) is 15.9. The Bertz CT molecular complexity index is 466. The van der Waals surface area contributed by atoms with Gasteiger partial charge in [-0.2, -0.15) is 4.98 Å². The number of aliphatic carboxylic acids is 1. The van der Waals surface area contributed by atoms with Crippen molar-refractivity contribution in [1.82, 2.24) is 15.2 Å². The number of carboxylic acid groups (broad SMARTS) is 1. The van der Waals surface area contributed by atoms with Gasteiger partial charge in [-0.3, -0.25) is 24.4 Å². The number of Topliss-reactive ketones (excluding diaryl/α,β-unsaturated/α-hetero) is 1. The van der Waals surface area contributed by atoms with Gasteiger partial charge in [0.15, 0.2) is 5.78 Å². The molecular weight excluding hydrogens is 216 g/mol. The molecule has 1 saturated heterocycles. The van der Waals surface area contributed by atoms with Crippen molar-refractivity contribution < 1.29 is 19.5 Å². The number of aromatic nitrogens is 3. The number of carboxylic acids is 1. The van der Waals surface area contributed by atoms with Crippen LogP contribution in [0.5, 0.6) is 0 Å². The lowest BCUT2D eigenvalue weighted by Crippen LogP contribution is -2.25. The third-order valence-corrected chi connectivity index (χ3v) is 2.06. The molecule has 2 rings (SSSR count). The number of rotatable bonds is 3. The number of hydrogen-bond acceptors (Lipinski definition) is 5. The van der Waals surface area contributed by atoms with Crippen LogP contribution in [0.2, 0.25) is 0 Å². The number of carbonyl (C=O) groups excluding carboxylic acids is 2. The van der Waals surface area contributed by atoms with Crippen molar-refractivity contribution in [2.45, 2.75) is 12.8 Å². The van der Waals surface area contributed by atoms with Crippen LogP contribution in [0.1, 0.15) is 12.2 Å². The average Bonchev–Trinajstić information content (AvgIpc) is 2.72. The van der Waals surface area contributed by atoms with Gasteiger partial charge in [0.2, 0.25) is 5.91 Å². The molecule has 1 aliphatic heterocycles. The maximum absolute atomic E-state index is 11.3. The number of hydrogen-bond donors (Lipinski definition) is 2. The number of amides is 1. The monoisotopic (exact) mass is 224 g/mol. The molecule has 1 aromatic heterocycles. The van der Waals surface area contributed by atoms with E-state index in [0.717, 1.165) is 4.90 Å². The molecule has 0 radical (unpaired) electrons. The summed E-state index contributed by atoms with van der Waals surface area (Å²) in [6, 6.07) is 0. The third-order valence-electron chi connectivity index (χ3n) is 2.06. The van der Waals surface area contributed by atoms with Gasteiger partial charge < -0.3 is 5.11 Å². The summed E-state index contributed by atoms with van der Waals surface area (Å²) in [5.41, 5.74) is 0. The fourth-order valence-electron chi connectivity index (χ4n) is 1.40. The maximum Gasteiger partial charge on any atom is 0.311 e. The van der Waals surface area contributed by atoms with Gasteiger partial charge in [0, 0.05) is 0 Å². The Hall–Kier alpha value is -2.25. The summed E-state index contributed by atoms with van der Waals surface area (Å²) in [5, 5.41) is 14.6. The lowest BCUT2D eigenvalue weighted by Gasteiger charge is -2.07. The summed E-state index contributed by atoms with van der Waals surface area (Å²) in [4.78, 5) is 37.7. The van der Waals surface area contributed by atoms with Gasteiger partial charge in [-0.15, -0.1) is 5.10 Å². The van der Waals surface area contributed by atoms with Gasteiger partial charge in [-0.25, -0.2) is 0 Å². The second-order valence-corrected chi connectivity index (χ2v) is 3.35. The molecule has 2 heterocycles. The number of anilines is 1. The van der Waals surface area contributed by atoms with E-state index in [1.807, 2.05) is 0 Å².